The van der Waals surface area contributed by atoms with Gasteiger partial charge in [0.2, 0.25) is 0 Å². The zero-order valence-corrected chi connectivity index (χ0v) is 15.4. The maximum Gasteiger partial charge on any atom is 0.153 e. The Balaban J connectivity index is 1.35. The zero-order chi connectivity index (χ0) is 18.2. The highest BCUT2D eigenvalue weighted by Crippen LogP contribution is 2.32. The molecule has 1 aromatic carbocycles. The predicted molar refractivity (Wildman–Crippen MR) is 105 cm³/mol. The van der Waals surface area contributed by atoms with E-state index in [1.54, 1.807) is 0 Å². The van der Waals surface area contributed by atoms with Crippen LogP contribution in [0.15, 0.2) is 65.5 Å². The average molecular weight is 358 g/mol. The van der Waals surface area contributed by atoms with Gasteiger partial charge in [-0.3, -0.25) is 9.88 Å². The monoisotopic (exact) mass is 358 g/mol. The van der Waals surface area contributed by atoms with Gasteiger partial charge in [0, 0.05) is 37.6 Å². The van der Waals surface area contributed by atoms with Crippen LogP contribution in [0.25, 0.3) is 22.4 Å². The Labute approximate surface area is 158 Å². The molecule has 0 radical (unpaired) electrons. The minimum absolute atomic E-state index is 0.524. The third-order valence-electron chi connectivity index (χ3n) is 5.49. The number of furan rings is 1. The number of hydrogen-bond acceptors (Lipinski definition) is 4. The summed E-state index contributed by atoms with van der Waals surface area (Å²) >= 11 is 0. The number of nitrogens with zero attached hydrogens (tertiary/aromatic N) is 4. The van der Waals surface area contributed by atoms with Crippen LogP contribution in [0.4, 0.5) is 0 Å². The number of aromatic nitrogens is 3. The van der Waals surface area contributed by atoms with E-state index in [9.17, 15) is 0 Å². The van der Waals surface area contributed by atoms with Gasteiger partial charge in [0.15, 0.2) is 5.76 Å². The van der Waals surface area contributed by atoms with E-state index in [4.69, 9.17) is 4.42 Å². The van der Waals surface area contributed by atoms with Crippen LogP contribution < -0.4 is 0 Å². The molecule has 5 heteroatoms. The predicted octanol–water partition coefficient (Wildman–Crippen LogP) is 4.22. The number of hydrogen-bond donors (Lipinski definition) is 0. The second-order valence-electron chi connectivity index (χ2n) is 7.30. The van der Waals surface area contributed by atoms with Crippen LogP contribution in [-0.2, 0) is 13.6 Å². The summed E-state index contributed by atoms with van der Waals surface area (Å²) in [4.78, 5) is 11.5. The normalized spacial score (nSPS) is 17.7. The fourth-order valence-corrected chi connectivity index (χ4v) is 3.94. The highest BCUT2D eigenvalue weighted by atomic mass is 16.3. The molecule has 5 rings (SSSR count). The lowest BCUT2D eigenvalue weighted by Gasteiger charge is -2.16. The van der Waals surface area contributed by atoms with Gasteiger partial charge in [-0.1, -0.05) is 18.2 Å². The largest absolute Gasteiger partial charge is 0.454 e. The van der Waals surface area contributed by atoms with Gasteiger partial charge < -0.3 is 8.98 Å². The SMILES string of the molecule is Cn1ccnc1CN1CCC(c2ccnc(-c3cc4ccccc4o3)c2)C1. The van der Waals surface area contributed by atoms with Crippen LogP contribution in [0.5, 0.6) is 0 Å². The molecule has 27 heavy (non-hydrogen) atoms. The molecule has 0 spiro atoms. The molecule has 4 aromatic rings. The summed E-state index contributed by atoms with van der Waals surface area (Å²) in [5, 5.41) is 1.11. The minimum Gasteiger partial charge on any atom is -0.454 e. The fraction of sp³-hybridized carbons (Fsp3) is 0.273. The molecular formula is C22H22N4O. The summed E-state index contributed by atoms with van der Waals surface area (Å²) in [5.74, 6) is 2.48. The van der Waals surface area contributed by atoms with E-state index in [0.717, 1.165) is 54.3 Å². The summed E-state index contributed by atoms with van der Waals surface area (Å²) in [6.07, 6.45) is 6.93. The van der Waals surface area contributed by atoms with Crippen molar-refractivity contribution in [2.75, 3.05) is 13.1 Å². The Morgan fingerprint density at radius 1 is 1.11 bits per heavy atom. The summed E-state index contributed by atoms with van der Waals surface area (Å²) in [6, 6.07) is 14.5. The van der Waals surface area contributed by atoms with Gasteiger partial charge in [-0.25, -0.2) is 4.98 Å². The van der Waals surface area contributed by atoms with E-state index in [1.807, 2.05) is 36.8 Å². The molecule has 1 fully saturated rings. The van der Waals surface area contributed by atoms with Gasteiger partial charge in [0.05, 0.1) is 6.54 Å². The third kappa shape index (κ3) is 3.15. The van der Waals surface area contributed by atoms with Crippen molar-refractivity contribution < 1.29 is 4.42 Å². The number of likely N-dealkylation sites (tertiary alicyclic amines) is 1. The number of imidazole rings is 1. The Bertz CT molecular complexity index is 1050. The number of fused-ring (bicyclic) bond motifs is 1. The molecule has 1 saturated heterocycles. The van der Waals surface area contributed by atoms with Gasteiger partial charge in [-0.05, 0) is 48.7 Å². The first-order valence-corrected chi connectivity index (χ1v) is 9.40. The van der Waals surface area contributed by atoms with Crippen molar-refractivity contribution >= 4 is 11.0 Å². The van der Waals surface area contributed by atoms with Gasteiger partial charge in [-0.15, -0.1) is 0 Å². The number of pyridine rings is 1. The highest BCUT2D eigenvalue weighted by Gasteiger charge is 2.25. The molecule has 136 valence electrons. The average Bonchev–Trinajstić information content (AvgIpc) is 3.42. The Morgan fingerprint density at radius 2 is 2.04 bits per heavy atom. The third-order valence-corrected chi connectivity index (χ3v) is 5.49. The summed E-state index contributed by atoms with van der Waals surface area (Å²) in [6.45, 7) is 3.05. The number of benzene rings is 1. The zero-order valence-electron chi connectivity index (χ0n) is 15.4. The van der Waals surface area contributed by atoms with Crippen LogP contribution >= 0.6 is 0 Å². The second kappa shape index (κ2) is 6.67. The Kier molecular flexibility index (Phi) is 4.02. The van der Waals surface area contributed by atoms with E-state index in [2.05, 4.69) is 50.7 Å². The van der Waals surface area contributed by atoms with Crippen LogP contribution in [0, 0.1) is 0 Å². The summed E-state index contributed by atoms with van der Waals surface area (Å²) < 4.78 is 8.09. The smallest absolute Gasteiger partial charge is 0.153 e. The Hall–Kier alpha value is -2.92. The van der Waals surface area contributed by atoms with E-state index in [1.165, 1.54) is 5.56 Å². The first kappa shape index (κ1) is 16.3. The summed E-state index contributed by atoms with van der Waals surface area (Å²) in [5.41, 5.74) is 3.15. The number of para-hydroxylation sites is 1. The quantitative estimate of drug-likeness (QED) is 0.548. The lowest BCUT2D eigenvalue weighted by molar-refractivity contribution is 0.314. The lowest BCUT2D eigenvalue weighted by Crippen LogP contribution is -2.21. The van der Waals surface area contributed by atoms with E-state index in [0.29, 0.717) is 5.92 Å². The van der Waals surface area contributed by atoms with E-state index >= 15 is 0 Å². The van der Waals surface area contributed by atoms with Crippen LogP contribution in [0.1, 0.15) is 23.7 Å². The molecule has 1 aliphatic rings. The van der Waals surface area contributed by atoms with Crippen LogP contribution in [0.3, 0.4) is 0 Å². The molecule has 0 aliphatic carbocycles. The molecular weight excluding hydrogens is 336 g/mol. The van der Waals surface area contributed by atoms with Crippen molar-refractivity contribution in [2.24, 2.45) is 7.05 Å². The standard InChI is InChI=1S/C22H22N4O/c1-25-11-9-24-22(25)15-26-10-7-18(14-26)16-6-8-23-19(12-16)21-13-17-4-2-3-5-20(17)27-21/h2-6,8-9,11-13,18H,7,10,14-15H2,1H3. The van der Waals surface area contributed by atoms with Gasteiger partial charge >= 0.3 is 0 Å². The van der Waals surface area contributed by atoms with E-state index in [-0.39, 0.29) is 0 Å². The van der Waals surface area contributed by atoms with Gasteiger partial charge in [0.1, 0.15) is 17.1 Å². The fourth-order valence-electron chi connectivity index (χ4n) is 3.94. The Morgan fingerprint density at radius 3 is 2.89 bits per heavy atom. The number of rotatable bonds is 4. The molecule has 0 N–H and O–H groups in total. The molecule has 5 nitrogen and oxygen atoms in total. The molecule has 1 aliphatic heterocycles. The van der Waals surface area contributed by atoms with Gasteiger partial charge in [0.25, 0.3) is 0 Å². The molecule has 0 bridgehead atoms. The van der Waals surface area contributed by atoms with Gasteiger partial charge in [-0.2, -0.15) is 0 Å². The number of aryl methyl sites for hydroxylation is 1. The summed E-state index contributed by atoms with van der Waals surface area (Å²) in [7, 11) is 2.05. The molecule has 0 amide bonds. The topological polar surface area (TPSA) is 47.1 Å². The van der Waals surface area contributed by atoms with Crippen molar-refractivity contribution in [2.45, 2.75) is 18.9 Å². The first-order valence-electron chi connectivity index (χ1n) is 9.40. The molecule has 4 heterocycles. The highest BCUT2D eigenvalue weighted by molar-refractivity contribution is 5.82. The first-order chi connectivity index (χ1) is 13.3. The van der Waals surface area contributed by atoms with Crippen molar-refractivity contribution in [3.8, 4) is 11.5 Å². The maximum absolute atomic E-state index is 5.99. The molecule has 1 unspecified atom stereocenters. The molecule has 3 aromatic heterocycles. The second-order valence-corrected chi connectivity index (χ2v) is 7.30. The lowest BCUT2D eigenvalue weighted by atomic mass is 9.98. The molecule has 0 saturated carbocycles. The van der Waals surface area contributed by atoms with E-state index < -0.39 is 0 Å². The van der Waals surface area contributed by atoms with Crippen LogP contribution in [-0.4, -0.2) is 32.5 Å². The molecule has 1 atom stereocenters. The maximum atomic E-state index is 5.99. The minimum atomic E-state index is 0.524. The van der Waals surface area contributed by atoms with Crippen molar-refractivity contribution in [1.82, 2.24) is 19.4 Å². The van der Waals surface area contributed by atoms with Crippen molar-refractivity contribution in [1.29, 1.82) is 0 Å². The van der Waals surface area contributed by atoms with Crippen molar-refractivity contribution in [3.63, 3.8) is 0 Å². The van der Waals surface area contributed by atoms with Crippen LogP contribution in [0.2, 0.25) is 0 Å². The van der Waals surface area contributed by atoms with Crippen molar-refractivity contribution in [3.05, 3.63) is 72.4 Å².